The van der Waals surface area contributed by atoms with Gasteiger partial charge in [0.2, 0.25) is 16.9 Å². The van der Waals surface area contributed by atoms with Crippen LogP contribution in [-0.2, 0) is 16.0 Å². The first kappa shape index (κ1) is 22.3. The molecule has 1 aromatic carbocycles. The average molecular weight is 420 g/mol. The van der Waals surface area contributed by atoms with Crippen LogP contribution < -0.4 is 15.5 Å². The Morgan fingerprint density at radius 1 is 1.24 bits per heavy atom. The summed E-state index contributed by atoms with van der Waals surface area (Å²) in [6.45, 7) is 2.12. The smallest absolute Gasteiger partial charge is 0.247 e. The SMILES string of the molecule is CCCCCCC(=O)Nc1nnc(CC(=O)N/N=C\c2cccc(OC)c2O)s1. The van der Waals surface area contributed by atoms with Crippen LogP contribution in [-0.4, -0.2) is 40.4 Å². The second-order valence-electron chi connectivity index (χ2n) is 6.23. The number of hydrogen-bond acceptors (Lipinski definition) is 8. The number of carbonyl (C=O) groups excluding carboxylic acids is 2. The van der Waals surface area contributed by atoms with E-state index in [0.717, 1.165) is 37.0 Å². The molecule has 2 rings (SSSR count). The molecule has 2 amide bonds. The number of hydrazone groups is 1. The van der Waals surface area contributed by atoms with Gasteiger partial charge in [-0.2, -0.15) is 5.10 Å². The molecule has 1 aromatic heterocycles. The van der Waals surface area contributed by atoms with Gasteiger partial charge in [0, 0.05) is 12.0 Å². The summed E-state index contributed by atoms with van der Waals surface area (Å²) in [5, 5.41) is 25.1. The Balaban J connectivity index is 1.79. The van der Waals surface area contributed by atoms with Crippen molar-refractivity contribution in [3.63, 3.8) is 0 Å². The number of aromatic nitrogens is 2. The number of methoxy groups -OCH3 is 1. The van der Waals surface area contributed by atoms with Crippen LogP contribution in [0.1, 0.15) is 49.6 Å². The van der Waals surface area contributed by atoms with Gasteiger partial charge < -0.3 is 15.2 Å². The summed E-state index contributed by atoms with van der Waals surface area (Å²) in [6.07, 6.45) is 5.85. The van der Waals surface area contributed by atoms with Gasteiger partial charge in [-0.05, 0) is 18.6 Å². The summed E-state index contributed by atoms with van der Waals surface area (Å²) >= 11 is 1.15. The zero-order chi connectivity index (χ0) is 21.1. The Hall–Kier alpha value is -3.01. The van der Waals surface area contributed by atoms with Gasteiger partial charge in [0.25, 0.3) is 0 Å². The molecule has 29 heavy (non-hydrogen) atoms. The number of phenols is 1. The van der Waals surface area contributed by atoms with E-state index in [2.05, 4.69) is 33.0 Å². The number of nitrogens with zero attached hydrogens (tertiary/aromatic N) is 3. The highest BCUT2D eigenvalue weighted by Crippen LogP contribution is 2.27. The van der Waals surface area contributed by atoms with Gasteiger partial charge in [-0.1, -0.05) is 43.6 Å². The maximum Gasteiger partial charge on any atom is 0.247 e. The molecule has 0 unspecified atom stereocenters. The van der Waals surface area contributed by atoms with Crippen LogP contribution in [0, 0.1) is 0 Å². The van der Waals surface area contributed by atoms with Crippen LogP contribution in [0.5, 0.6) is 11.5 Å². The Bertz CT molecular complexity index is 853. The Morgan fingerprint density at radius 3 is 2.83 bits per heavy atom. The second-order valence-corrected chi connectivity index (χ2v) is 7.29. The minimum Gasteiger partial charge on any atom is -0.504 e. The number of unbranched alkanes of at least 4 members (excludes halogenated alkanes) is 3. The van der Waals surface area contributed by atoms with E-state index in [0.29, 0.717) is 27.9 Å². The molecular weight excluding hydrogens is 394 g/mol. The highest BCUT2D eigenvalue weighted by atomic mass is 32.1. The Kier molecular flexibility index (Phi) is 9.03. The molecule has 10 heteroatoms. The topological polar surface area (TPSA) is 126 Å². The highest BCUT2D eigenvalue weighted by Gasteiger charge is 2.11. The quantitative estimate of drug-likeness (QED) is 0.292. The van der Waals surface area contributed by atoms with E-state index in [9.17, 15) is 14.7 Å². The number of nitrogens with one attached hydrogen (secondary N) is 2. The zero-order valence-corrected chi connectivity index (χ0v) is 17.3. The zero-order valence-electron chi connectivity index (χ0n) is 16.5. The Morgan fingerprint density at radius 2 is 2.07 bits per heavy atom. The largest absolute Gasteiger partial charge is 0.504 e. The van der Waals surface area contributed by atoms with E-state index in [1.54, 1.807) is 18.2 Å². The summed E-state index contributed by atoms with van der Waals surface area (Å²) in [5.41, 5.74) is 2.77. The molecule has 156 valence electrons. The van der Waals surface area contributed by atoms with Crippen molar-refractivity contribution in [1.29, 1.82) is 0 Å². The summed E-state index contributed by atoms with van der Waals surface area (Å²) in [6, 6.07) is 4.94. The molecule has 0 spiro atoms. The maximum absolute atomic E-state index is 12.0. The molecule has 0 aliphatic heterocycles. The summed E-state index contributed by atoms with van der Waals surface area (Å²) in [5.74, 6) is -0.241. The van der Waals surface area contributed by atoms with Crippen molar-refractivity contribution in [1.82, 2.24) is 15.6 Å². The average Bonchev–Trinajstić information content (AvgIpc) is 3.13. The third-order valence-electron chi connectivity index (χ3n) is 3.93. The molecule has 0 saturated carbocycles. The van der Waals surface area contributed by atoms with E-state index in [4.69, 9.17) is 4.74 Å². The van der Waals surface area contributed by atoms with Crippen molar-refractivity contribution in [2.45, 2.75) is 45.4 Å². The fourth-order valence-electron chi connectivity index (χ4n) is 2.43. The fourth-order valence-corrected chi connectivity index (χ4v) is 3.18. The lowest BCUT2D eigenvalue weighted by Crippen LogP contribution is -2.19. The minimum absolute atomic E-state index is 0.0224. The van der Waals surface area contributed by atoms with Crippen molar-refractivity contribution in [2.75, 3.05) is 12.4 Å². The molecule has 0 aliphatic rings. The summed E-state index contributed by atoms with van der Waals surface area (Å²) in [4.78, 5) is 23.8. The predicted molar refractivity (Wildman–Crippen MR) is 111 cm³/mol. The van der Waals surface area contributed by atoms with Crippen LogP contribution in [0.25, 0.3) is 0 Å². The molecule has 1 heterocycles. The van der Waals surface area contributed by atoms with Gasteiger partial charge in [0.15, 0.2) is 11.5 Å². The van der Waals surface area contributed by atoms with Crippen LogP contribution in [0.15, 0.2) is 23.3 Å². The molecular formula is C19H25N5O4S. The highest BCUT2D eigenvalue weighted by molar-refractivity contribution is 7.15. The summed E-state index contributed by atoms with van der Waals surface area (Å²) < 4.78 is 5.01. The van der Waals surface area contributed by atoms with Crippen molar-refractivity contribution in [2.24, 2.45) is 5.10 Å². The first-order chi connectivity index (χ1) is 14.0. The van der Waals surface area contributed by atoms with E-state index >= 15 is 0 Å². The lowest BCUT2D eigenvalue weighted by molar-refractivity contribution is -0.120. The molecule has 9 nitrogen and oxygen atoms in total. The number of benzene rings is 1. The predicted octanol–water partition coefficient (Wildman–Crippen LogP) is 2.85. The number of rotatable bonds is 11. The van der Waals surface area contributed by atoms with E-state index in [1.807, 2.05) is 0 Å². The summed E-state index contributed by atoms with van der Waals surface area (Å²) in [7, 11) is 1.45. The molecule has 0 bridgehead atoms. The van der Waals surface area contributed by atoms with Crippen LogP contribution in [0.2, 0.25) is 0 Å². The van der Waals surface area contributed by atoms with Crippen LogP contribution in [0.4, 0.5) is 5.13 Å². The first-order valence-electron chi connectivity index (χ1n) is 9.33. The van der Waals surface area contributed by atoms with Gasteiger partial charge in [0.1, 0.15) is 5.01 Å². The molecule has 0 atom stereocenters. The number of amides is 2. The number of ether oxygens (including phenoxy) is 1. The van der Waals surface area contributed by atoms with Crippen molar-refractivity contribution in [3.8, 4) is 11.5 Å². The lowest BCUT2D eigenvalue weighted by Gasteiger charge is -2.04. The third-order valence-corrected chi connectivity index (χ3v) is 4.76. The number of carbonyl (C=O) groups is 2. The van der Waals surface area contributed by atoms with Gasteiger partial charge in [-0.25, -0.2) is 5.43 Å². The standard InChI is InChI=1S/C19H25N5O4S/c1-3-4-5-6-10-15(25)21-19-24-23-17(29-19)11-16(26)22-20-12-13-8-7-9-14(28-2)18(13)27/h7-9,12,27H,3-6,10-11H2,1-2H3,(H,22,26)(H,21,24,25)/b20-12-. The van der Waals surface area contributed by atoms with E-state index in [1.165, 1.54) is 13.3 Å². The van der Waals surface area contributed by atoms with Crippen molar-refractivity contribution < 1.29 is 19.4 Å². The normalized spacial score (nSPS) is 10.8. The van der Waals surface area contributed by atoms with Gasteiger partial charge >= 0.3 is 0 Å². The monoisotopic (exact) mass is 419 g/mol. The van der Waals surface area contributed by atoms with Crippen LogP contribution in [0.3, 0.4) is 0 Å². The molecule has 0 aliphatic carbocycles. The molecule has 0 fully saturated rings. The van der Waals surface area contributed by atoms with Gasteiger partial charge in [-0.15, -0.1) is 10.2 Å². The number of aromatic hydroxyl groups is 1. The van der Waals surface area contributed by atoms with E-state index in [-0.39, 0.29) is 18.1 Å². The van der Waals surface area contributed by atoms with Crippen LogP contribution >= 0.6 is 11.3 Å². The third kappa shape index (κ3) is 7.49. The maximum atomic E-state index is 12.0. The number of phenolic OH excluding ortho intramolecular Hbond substituents is 1. The number of para-hydroxylation sites is 1. The lowest BCUT2D eigenvalue weighted by atomic mass is 10.1. The molecule has 0 saturated heterocycles. The Labute approximate surface area is 173 Å². The number of anilines is 1. The van der Waals surface area contributed by atoms with Crippen molar-refractivity contribution in [3.05, 3.63) is 28.8 Å². The first-order valence-corrected chi connectivity index (χ1v) is 10.1. The van der Waals surface area contributed by atoms with Gasteiger partial charge in [0.05, 0.1) is 19.7 Å². The molecule has 2 aromatic rings. The molecule has 3 N–H and O–H groups in total. The van der Waals surface area contributed by atoms with Gasteiger partial charge in [-0.3, -0.25) is 9.59 Å². The molecule has 0 radical (unpaired) electrons. The van der Waals surface area contributed by atoms with Crippen molar-refractivity contribution >= 4 is 34.5 Å². The van der Waals surface area contributed by atoms with E-state index < -0.39 is 5.91 Å². The fraction of sp³-hybridized carbons (Fsp3) is 0.421. The minimum atomic E-state index is -0.391. The second kappa shape index (κ2) is 11.7. The number of hydrogen-bond donors (Lipinski definition) is 3.